The Kier molecular flexibility index (Phi) is 4.79. The van der Waals surface area contributed by atoms with Crippen molar-refractivity contribution in [2.24, 2.45) is 5.92 Å². The molecule has 0 aliphatic carbocycles. The van der Waals surface area contributed by atoms with Crippen LogP contribution in [0.1, 0.15) is 12.8 Å². The van der Waals surface area contributed by atoms with Crippen molar-refractivity contribution in [3.05, 3.63) is 24.3 Å². The molecule has 1 aromatic carbocycles. The van der Waals surface area contributed by atoms with Crippen LogP contribution in [0.25, 0.3) is 0 Å². The van der Waals surface area contributed by atoms with Crippen molar-refractivity contribution in [1.82, 2.24) is 10.2 Å². The largest absolute Gasteiger partial charge is 0.506 e. The standard InChI is InChI=1S/C14H19N3O2S/c1-15-14(20)17-8-6-10(7-9-17)13(19)16-11-4-2-3-5-12(11)18/h2-5,10,18H,6-9H2,1H3,(H,15,20)(H,16,19). The predicted molar refractivity (Wildman–Crippen MR) is 82.7 cm³/mol. The molecule has 2 rings (SSSR count). The van der Waals surface area contributed by atoms with E-state index in [0.29, 0.717) is 5.69 Å². The predicted octanol–water partition coefficient (Wildman–Crippen LogP) is 1.55. The first-order valence-corrected chi connectivity index (χ1v) is 7.08. The summed E-state index contributed by atoms with van der Waals surface area (Å²) < 4.78 is 0. The van der Waals surface area contributed by atoms with E-state index in [9.17, 15) is 9.90 Å². The molecule has 0 saturated carbocycles. The molecular formula is C14H19N3O2S. The van der Waals surface area contributed by atoms with Crippen molar-refractivity contribution in [3.63, 3.8) is 0 Å². The van der Waals surface area contributed by atoms with Gasteiger partial charge in [0.2, 0.25) is 5.91 Å². The van der Waals surface area contributed by atoms with Crippen LogP contribution in [0.15, 0.2) is 24.3 Å². The van der Waals surface area contributed by atoms with Gasteiger partial charge in [0.05, 0.1) is 5.69 Å². The van der Waals surface area contributed by atoms with Gasteiger partial charge < -0.3 is 20.6 Å². The molecule has 6 heteroatoms. The van der Waals surface area contributed by atoms with Gasteiger partial charge in [-0.25, -0.2) is 0 Å². The van der Waals surface area contributed by atoms with Gasteiger partial charge in [0, 0.05) is 26.1 Å². The van der Waals surface area contributed by atoms with Gasteiger partial charge in [-0.05, 0) is 37.2 Å². The van der Waals surface area contributed by atoms with Crippen LogP contribution >= 0.6 is 12.2 Å². The molecule has 1 aromatic rings. The number of thiocarbonyl (C=S) groups is 1. The number of hydrogen-bond donors (Lipinski definition) is 3. The van der Waals surface area contributed by atoms with Crippen molar-refractivity contribution in [1.29, 1.82) is 0 Å². The lowest BCUT2D eigenvalue weighted by Gasteiger charge is -2.32. The number of amides is 1. The summed E-state index contributed by atoms with van der Waals surface area (Å²) in [5, 5.41) is 16.1. The molecule has 0 atom stereocenters. The highest BCUT2D eigenvalue weighted by atomic mass is 32.1. The van der Waals surface area contributed by atoms with Gasteiger partial charge in [-0.3, -0.25) is 4.79 Å². The second-order valence-electron chi connectivity index (χ2n) is 4.82. The minimum atomic E-state index is -0.0403. The van der Waals surface area contributed by atoms with Crippen LogP contribution in [0, 0.1) is 5.92 Å². The maximum absolute atomic E-state index is 12.2. The summed E-state index contributed by atoms with van der Waals surface area (Å²) in [6, 6.07) is 6.76. The van der Waals surface area contributed by atoms with Gasteiger partial charge in [0.1, 0.15) is 5.75 Å². The van der Waals surface area contributed by atoms with E-state index < -0.39 is 0 Å². The number of likely N-dealkylation sites (tertiary alicyclic amines) is 1. The Bertz CT molecular complexity index is 499. The summed E-state index contributed by atoms with van der Waals surface area (Å²) in [6.45, 7) is 1.55. The third-order valence-corrected chi connectivity index (χ3v) is 3.99. The van der Waals surface area contributed by atoms with E-state index in [1.165, 1.54) is 0 Å². The zero-order valence-electron chi connectivity index (χ0n) is 11.4. The van der Waals surface area contributed by atoms with Gasteiger partial charge >= 0.3 is 0 Å². The fourth-order valence-electron chi connectivity index (χ4n) is 2.32. The number of para-hydroxylation sites is 2. The number of nitrogens with one attached hydrogen (secondary N) is 2. The Morgan fingerprint density at radius 3 is 2.60 bits per heavy atom. The van der Waals surface area contributed by atoms with Gasteiger partial charge in [-0.1, -0.05) is 12.1 Å². The maximum Gasteiger partial charge on any atom is 0.227 e. The molecule has 5 nitrogen and oxygen atoms in total. The maximum atomic E-state index is 12.2. The fraction of sp³-hybridized carbons (Fsp3) is 0.429. The van der Waals surface area contributed by atoms with E-state index in [1.807, 2.05) is 0 Å². The smallest absolute Gasteiger partial charge is 0.227 e. The van der Waals surface area contributed by atoms with Crippen molar-refractivity contribution >= 4 is 28.9 Å². The summed E-state index contributed by atoms with van der Waals surface area (Å²) in [7, 11) is 1.80. The number of rotatable bonds is 2. The molecule has 108 valence electrons. The lowest BCUT2D eigenvalue weighted by molar-refractivity contribution is -0.121. The zero-order chi connectivity index (χ0) is 14.5. The van der Waals surface area contributed by atoms with Crippen molar-refractivity contribution < 1.29 is 9.90 Å². The van der Waals surface area contributed by atoms with Crippen LogP contribution in [-0.2, 0) is 4.79 Å². The first-order chi connectivity index (χ1) is 9.61. The van der Waals surface area contributed by atoms with Gasteiger partial charge in [-0.15, -0.1) is 0 Å². The van der Waals surface area contributed by atoms with Crippen molar-refractivity contribution in [3.8, 4) is 5.75 Å². The molecule has 0 bridgehead atoms. The third kappa shape index (κ3) is 3.39. The zero-order valence-corrected chi connectivity index (χ0v) is 12.2. The molecule has 1 saturated heterocycles. The molecule has 3 N–H and O–H groups in total. The second kappa shape index (κ2) is 6.56. The minimum Gasteiger partial charge on any atom is -0.506 e. The normalized spacial score (nSPS) is 15.8. The van der Waals surface area contributed by atoms with Crippen molar-refractivity contribution in [2.75, 3.05) is 25.5 Å². The highest BCUT2D eigenvalue weighted by Gasteiger charge is 2.26. The number of carbonyl (C=O) groups is 1. The quantitative estimate of drug-likeness (QED) is 0.570. The average molecular weight is 293 g/mol. The first kappa shape index (κ1) is 14.6. The summed E-state index contributed by atoms with van der Waals surface area (Å²) in [5.41, 5.74) is 0.464. The van der Waals surface area contributed by atoms with E-state index >= 15 is 0 Å². The number of benzene rings is 1. The number of phenols is 1. The van der Waals surface area contributed by atoms with E-state index in [1.54, 1.807) is 31.3 Å². The number of anilines is 1. The van der Waals surface area contributed by atoms with Crippen LogP contribution in [0.2, 0.25) is 0 Å². The third-order valence-electron chi connectivity index (χ3n) is 3.53. The molecule has 1 aliphatic heterocycles. The lowest BCUT2D eigenvalue weighted by Crippen LogP contribution is -2.44. The molecule has 0 unspecified atom stereocenters. The number of phenolic OH excluding ortho intramolecular Hbond substituents is 1. The molecular weight excluding hydrogens is 274 g/mol. The number of carbonyl (C=O) groups excluding carboxylic acids is 1. The number of piperidine rings is 1. The minimum absolute atomic E-state index is 0.0366. The number of aromatic hydroxyl groups is 1. The van der Waals surface area contributed by atoms with Gasteiger partial charge in [0.15, 0.2) is 5.11 Å². The Morgan fingerprint density at radius 1 is 1.35 bits per heavy atom. The number of nitrogens with zero attached hydrogens (tertiary/aromatic N) is 1. The molecule has 0 radical (unpaired) electrons. The molecule has 1 aliphatic rings. The second-order valence-corrected chi connectivity index (χ2v) is 5.21. The highest BCUT2D eigenvalue weighted by molar-refractivity contribution is 7.80. The topological polar surface area (TPSA) is 64.6 Å². The number of hydrogen-bond acceptors (Lipinski definition) is 3. The van der Waals surface area contributed by atoms with E-state index in [0.717, 1.165) is 31.0 Å². The molecule has 1 fully saturated rings. The van der Waals surface area contributed by atoms with Gasteiger partial charge in [-0.2, -0.15) is 0 Å². The molecule has 0 aromatic heterocycles. The van der Waals surface area contributed by atoms with E-state index in [2.05, 4.69) is 15.5 Å². The lowest BCUT2D eigenvalue weighted by atomic mass is 9.96. The molecule has 20 heavy (non-hydrogen) atoms. The Hall–Kier alpha value is -1.82. The summed E-state index contributed by atoms with van der Waals surface area (Å²) in [5.74, 6) is 0.0154. The Balaban J connectivity index is 1.89. The van der Waals surface area contributed by atoms with Crippen LogP contribution in [0.5, 0.6) is 5.75 Å². The van der Waals surface area contributed by atoms with E-state index in [-0.39, 0.29) is 17.6 Å². The van der Waals surface area contributed by atoms with Crippen LogP contribution in [0.3, 0.4) is 0 Å². The van der Waals surface area contributed by atoms with Gasteiger partial charge in [0.25, 0.3) is 0 Å². The van der Waals surface area contributed by atoms with E-state index in [4.69, 9.17) is 12.2 Å². The Morgan fingerprint density at radius 2 is 2.00 bits per heavy atom. The monoisotopic (exact) mass is 293 g/mol. The fourth-order valence-corrected chi connectivity index (χ4v) is 2.50. The SMILES string of the molecule is CNC(=S)N1CCC(C(=O)Nc2ccccc2O)CC1. The summed E-state index contributed by atoms with van der Waals surface area (Å²) >= 11 is 5.18. The molecule has 1 amide bonds. The summed E-state index contributed by atoms with van der Waals surface area (Å²) in [6.07, 6.45) is 1.53. The first-order valence-electron chi connectivity index (χ1n) is 6.67. The van der Waals surface area contributed by atoms with Crippen LogP contribution < -0.4 is 10.6 Å². The highest BCUT2D eigenvalue weighted by Crippen LogP contribution is 2.24. The van der Waals surface area contributed by atoms with Crippen LogP contribution in [0.4, 0.5) is 5.69 Å². The molecule has 0 spiro atoms. The average Bonchev–Trinajstić information content (AvgIpc) is 2.49. The van der Waals surface area contributed by atoms with Crippen molar-refractivity contribution in [2.45, 2.75) is 12.8 Å². The summed E-state index contributed by atoms with van der Waals surface area (Å²) in [4.78, 5) is 14.2. The van der Waals surface area contributed by atoms with Crippen LogP contribution in [-0.4, -0.2) is 41.2 Å². The Labute approximate surface area is 124 Å². The molecule has 1 heterocycles.